The second-order valence-electron chi connectivity index (χ2n) is 5.30. The summed E-state index contributed by atoms with van der Waals surface area (Å²) in [4.78, 5) is 4.43. The van der Waals surface area contributed by atoms with E-state index >= 15 is 0 Å². The molecule has 2 aromatic carbocycles. The van der Waals surface area contributed by atoms with Crippen molar-refractivity contribution in [2.75, 3.05) is 0 Å². The summed E-state index contributed by atoms with van der Waals surface area (Å²) >= 11 is 6.34. The van der Waals surface area contributed by atoms with Gasteiger partial charge < -0.3 is 0 Å². The van der Waals surface area contributed by atoms with Gasteiger partial charge in [-0.25, -0.2) is 0 Å². The van der Waals surface area contributed by atoms with Crippen molar-refractivity contribution in [3.8, 4) is 0 Å². The molecular formula is C18H16ClNSe. The molecule has 3 rings (SSSR count). The van der Waals surface area contributed by atoms with Crippen LogP contribution < -0.4 is 8.92 Å². The third kappa shape index (κ3) is 2.98. The van der Waals surface area contributed by atoms with E-state index in [1.807, 2.05) is 18.3 Å². The first-order valence-corrected chi connectivity index (χ1v) is 8.93. The van der Waals surface area contributed by atoms with E-state index in [0.29, 0.717) is 0 Å². The number of benzene rings is 2. The first kappa shape index (κ1) is 14.6. The van der Waals surface area contributed by atoms with Crippen molar-refractivity contribution in [3.05, 3.63) is 64.3 Å². The predicted molar refractivity (Wildman–Crippen MR) is 92.4 cm³/mol. The molecule has 1 nitrogen and oxygen atoms in total. The molecule has 106 valence electrons. The van der Waals surface area contributed by atoms with Gasteiger partial charge in [-0.15, -0.1) is 0 Å². The van der Waals surface area contributed by atoms with E-state index in [-0.39, 0.29) is 15.0 Å². The van der Waals surface area contributed by atoms with E-state index in [2.05, 4.69) is 50.0 Å². The molecule has 0 amide bonds. The number of aryl methyl sites for hydroxylation is 3. The Kier molecular flexibility index (Phi) is 4.03. The summed E-state index contributed by atoms with van der Waals surface area (Å²) in [7, 11) is 0. The van der Waals surface area contributed by atoms with E-state index in [0.717, 1.165) is 10.5 Å². The van der Waals surface area contributed by atoms with Gasteiger partial charge in [-0.1, -0.05) is 0 Å². The van der Waals surface area contributed by atoms with Crippen molar-refractivity contribution >= 4 is 46.4 Å². The van der Waals surface area contributed by atoms with Crippen LogP contribution >= 0.6 is 11.6 Å². The maximum absolute atomic E-state index is 6.06. The standard InChI is InChI=1S/C18H16ClNSe/c1-11-8-12(2)18(13(3)9-11)21-17-6-7-20-16-10-14(19)4-5-15(16)17/h4-10H,1-3H3. The molecule has 0 aliphatic rings. The second kappa shape index (κ2) is 5.81. The SMILES string of the molecule is Cc1cc(C)c([Se]c2ccnc3cc(Cl)ccc23)c(C)c1. The van der Waals surface area contributed by atoms with Crippen LogP contribution in [0.2, 0.25) is 5.02 Å². The number of pyridine rings is 1. The van der Waals surface area contributed by atoms with Crippen LogP contribution in [-0.2, 0) is 0 Å². The molecule has 0 saturated carbocycles. The van der Waals surface area contributed by atoms with Crippen LogP contribution in [0.3, 0.4) is 0 Å². The molecule has 0 radical (unpaired) electrons. The summed E-state index contributed by atoms with van der Waals surface area (Å²) in [6.45, 7) is 6.56. The van der Waals surface area contributed by atoms with Gasteiger partial charge in [0.15, 0.2) is 0 Å². The molecule has 0 bridgehead atoms. The number of hydrogen-bond donors (Lipinski definition) is 0. The van der Waals surface area contributed by atoms with Crippen molar-refractivity contribution in [1.29, 1.82) is 0 Å². The van der Waals surface area contributed by atoms with Gasteiger partial charge in [0.25, 0.3) is 0 Å². The van der Waals surface area contributed by atoms with Crippen molar-refractivity contribution in [1.82, 2.24) is 4.98 Å². The number of halogens is 1. The summed E-state index contributed by atoms with van der Waals surface area (Å²) in [5, 5.41) is 1.95. The zero-order valence-electron chi connectivity index (χ0n) is 12.3. The molecule has 3 heteroatoms. The molecule has 3 aromatic rings. The molecule has 1 aromatic heterocycles. The summed E-state index contributed by atoms with van der Waals surface area (Å²) < 4.78 is 2.83. The fourth-order valence-electron chi connectivity index (χ4n) is 2.62. The Labute approximate surface area is 136 Å². The van der Waals surface area contributed by atoms with Gasteiger partial charge in [0, 0.05) is 0 Å². The summed E-state index contributed by atoms with van der Waals surface area (Å²) in [6, 6.07) is 12.6. The number of fused-ring (bicyclic) bond motifs is 1. The summed E-state index contributed by atoms with van der Waals surface area (Å²) in [5.74, 6) is 0. The zero-order valence-corrected chi connectivity index (χ0v) is 14.7. The van der Waals surface area contributed by atoms with E-state index < -0.39 is 0 Å². The van der Waals surface area contributed by atoms with E-state index in [9.17, 15) is 0 Å². The average molecular weight is 361 g/mol. The topological polar surface area (TPSA) is 12.9 Å². The van der Waals surface area contributed by atoms with Crippen LogP contribution in [0, 0.1) is 20.8 Å². The molecule has 21 heavy (non-hydrogen) atoms. The van der Waals surface area contributed by atoms with Crippen LogP contribution in [-0.4, -0.2) is 19.9 Å². The quantitative estimate of drug-likeness (QED) is 0.638. The van der Waals surface area contributed by atoms with Crippen molar-refractivity contribution in [2.45, 2.75) is 20.8 Å². The maximum atomic E-state index is 6.06. The molecule has 1 heterocycles. The Bertz CT molecular complexity index is 804. The number of rotatable bonds is 2. The number of hydrogen-bond acceptors (Lipinski definition) is 1. The fourth-order valence-corrected chi connectivity index (χ4v) is 5.04. The Hall–Kier alpha value is -1.34. The van der Waals surface area contributed by atoms with E-state index in [1.165, 1.54) is 31.0 Å². The average Bonchev–Trinajstić information content (AvgIpc) is 2.42. The molecule has 0 aliphatic carbocycles. The van der Waals surface area contributed by atoms with Crippen LogP contribution in [0.1, 0.15) is 16.7 Å². The monoisotopic (exact) mass is 361 g/mol. The van der Waals surface area contributed by atoms with Gasteiger partial charge in [-0.3, -0.25) is 0 Å². The van der Waals surface area contributed by atoms with Gasteiger partial charge in [0.1, 0.15) is 0 Å². The second-order valence-corrected chi connectivity index (χ2v) is 7.94. The third-order valence-electron chi connectivity index (χ3n) is 3.48. The predicted octanol–water partition coefficient (Wildman–Crippen LogP) is 3.47. The van der Waals surface area contributed by atoms with Gasteiger partial charge in [0.2, 0.25) is 0 Å². The zero-order chi connectivity index (χ0) is 15.0. The first-order chi connectivity index (χ1) is 10.0. The van der Waals surface area contributed by atoms with Crippen LogP contribution in [0.25, 0.3) is 10.9 Å². The number of nitrogens with zero attached hydrogens (tertiary/aromatic N) is 1. The van der Waals surface area contributed by atoms with Gasteiger partial charge in [0.05, 0.1) is 0 Å². The van der Waals surface area contributed by atoms with E-state index in [4.69, 9.17) is 11.6 Å². The molecule has 0 unspecified atom stereocenters. The molecular weight excluding hydrogens is 345 g/mol. The molecule has 0 atom stereocenters. The molecule has 0 aliphatic heterocycles. The van der Waals surface area contributed by atoms with Crippen LogP contribution in [0.15, 0.2) is 42.6 Å². The van der Waals surface area contributed by atoms with Gasteiger partial charge in [-0.05, 0) is 0 Å². The Balaban J connectivity index is 2.11. The van der Waals surface area contributed by atoms with Crippen LogP contribution in [0.5, 0.6) is 0 Å². The normalized spacial score (nSPS) is 11.0. The van der Waals surface area contributed by atoms with Crippen molar-refractivity contribution in [2.24, 2.45) is 0 Å². The van der Waals surface area contributed by atoms with Crippen molar-refractivity contribution < 1.29 is 0 Å². The minimum atomic E-state index is 0.275. The molecule has 0 N–H and O–H groups in total. The summed E-state index contributed by atoms with van der Waals surface area (Å²) in [6.07, 6.45) is 1.88. The van der Waals surface area contributed by atoms with Gasteiger partial charge >= 0.3 is 136 Å². The molecule has 0 saturated heterocycles. The third-order valence-corrected chi connectivity index (χ3v) is 6.70. The first-order valence-electron chi connectivity index (χ1n) is 6.84. The van der Waals surface area contributed by atoms with E-state index in [1.54, 1.807) is 0 Å². The Morgan fingerprint density at radius 2 is 1.67 bits per heavy atom. The Morgan fingerprint density at radius 3 is 2.38 bits per heavy atom. The Morgan fingerprint density at radius 1 is 0.952 bits per heavy atom. The number of aromatic nitrogens is 1. The van der Waals surface area contributed by atoms with Crippen molar-refractivity contribution in [3.63, 3.8) is 0 Å². The van der Waals surface area contributed by atoms with Crippen LogP contribution in [0.4, 0.5) is 0 Å². The fraction of sp³-hybridized carbons (Fsp3) is 0.167. The molecule has 0 spiro atoms. The summed E-state index contributed by atoms with van der Waals surface area (Å²) in [5.41, 5.74) is 5.07. The van der Waals surface area contributed by atoms with Gasteiger partial charge in [-0.2, -0.15) is 0 Å². The molecule has 0 fully saturated rings. The minimum absolute atomic E-state index is 0.275.